The smallest absolute Gasteiger partial charge is 0.253 e. The molecular formula is C13H17N5O3. The summed E-state index contributed by atoms with van der Waals surface area (Å²) in [5, 5.41) is 10.3. The summed E-state index contributed by atoms with van der Waals surface area (Å²) in [6.07, 6.45) is 3.29. The molecular weight excluding hydrogens is 274 g/mol. The summed E-state index contributed by atoms with van der Waals surface area (Å²) in [4.78, 5) is 12.2. The Morgan fingerprint density at radius 3 is 2.81 bits per heavy atom. The van der Waals surface area contributed by atoms with Crippen molar-refractivity contribution in [1.29, 1.82) is 0 Å². The number of nitrogens with two attached hydrogens (primary N) is 1. The summed E-state index contributed by atoms with van der Waals surface area (Å²) >= 11 is 0. The molecule has 0 saturated heterocycles. The van der Waals surface area contributed by atoms with Crippen molar-refractivity contribution in [3.8, 4) is 11.5 Å². The molecule has 0 unspecified atom stereocenters. The number of hydrogen-bond donors (Lipinski definition) is 2. The van der Waals surface area contributed by atoms with E-state index in [0.29, 0.717) is 30.2 Å². The molecule has 8 nitrogen and oxygen atoms in total. The van der Waals surface area contributed by atoms with Crippen LogP contribution in [0.25, 0.3) is 0 Å². The van der Waals surface area contributed by atoms with E-state index in [9.17, 15) is 4.79 Å². The predicted molar refractivity (Wildman–Crippen MR) is 76.3 cm³/mol. The third kappa shape index (κ3) is 3.41. The lowest BCUT2D eigenvalue weighted by molar-refractivity contribution is 0.0952. The Morgan fingerprint density at radius 1 is 1.38 bits per heavy atom. The lowest BCUT2D eigenvalue weighted by Crippen LogP contribution is -2.28. The van der Waals surface area contributed by atoms with Crippen molar-refractivity contribution in [2.24, 2.45) is 0 Å². The van der Waals surface area contributed by atoms with Gasteiger partial charge in [0.25, 0.3) is 5.91 Å². The molecule has 1 aromatic heterocycles. The van der Waals surface area contributed by atoms with Gasteiger partial charge in [-0.3, -0.25) is 9.48 Å². The summed E-state index contributed by atoms with van der Waals surface area (Å²) in [5.74, 6) is 0.600. The molecule has 0 fully saturated rings. The molecule has 0 aliphatic rings. The van der Waals surface area contributed by atoms with Crippen LogP contribution >= 0.6 is 0 Å². The van der Waals surface area contributed by atoms with E-state index in [1.807, 2.05) is 0 Å². The quantitative estimate of drug-likeness (QED) is 0.742. The van der Waals surface area contributed by atoms with E-state index in [0.717, 1.165) is 0 Å². The molecule has 1 heterocycles. The third-order valence-corrected chi connectivity index (χ3v) is 2.91. The van der Waals surface area contributed by atoms with E-state index in [-0.39, 0.29) is 11.6 Å². The maximum absolute atomic E-state index is 12.2. The van der Waals surface area contributed by atoms with Crippen molar-refractivity contribution in [3.05, 3.63) is 30.1 Å². The van der Waals surface area contributed by atoms with E-state index in [4.69, 9.17) is 15.2 Å². The fraction of sp³-hybridized carbons (Fsp3) is 0.308. The highest BCUT2D eigenvalue weighted by Crippen LogP contribution is 2.30. The maximum Gasteiger partial charge on any atom is 0.253 e. The molecule has 1 aromatic carbocycles. The number of carbonyl (C=O) groups excluding carboxylic acids is 1. The normalized spacial score (nSPS) is 10.2. The van der Waals surface area contributed by atoms with E-state index in [2.05, 4.69) is 15.6 Å². The molecule has 3 N–H and O–H groups in total. The SMILES string of the molecule is COc1cc(OC)c(N)c(C(=O)NCCn2ccnn2)c1. The Bertz CT molecular complexity index is 613. The molecule has 0 saturated carbocycles. The molecule has 0 aliphatic carbocycles. The van der Waals surface area contributed by atoms with Gasteiger partial charge in [-0.15, -0.1) is 5.10 Å². The zero-order valence-corrected chi connectivity index (χ0v) is 11.9. The number of rotatable bonds is 6. The van der Waals surface area contributed by atoms with Crippen molar-refractivity contribution in [1.82, 2.24) is 20.3 Å². The molecule has 0 aliphatic heterocycles. The molecule has 1 amide bonds. The van der Waals surface area contributed by atoms with Crippen LogP contribution in [0, 0.1) is 0 Å². The van der Waals surface area contributed by atoms with Crippen molar-refractivity contribution < 1.29 is 14.3 Å². The van der Waals surface area contributed by atoms with Crippen molar-refractivity contribution in [3.63, 3.8) is 0 Å². The van der Waals surface area contributed by atoms with Crippen LogP contribution in [0.3, 0.4) is 0 Å². The van der Waals surface area contributed by atoms with Gasteiger partial charge in [-0.05, 0) is 6.07 Å². The van der Waals surface area contributed by atoms with Gasteiger partial charge in [0.2, 0.25) is 0 Å². The molecule has 112 valence electrons. The van der Waals surface area contributed by atoms with Crippen LogP contribution in [0.15, 0.2) is 24.5 Å². The highest BCUT2D eigenvalue weighted by atomic mass is 16.5. The van der Waals surface area contributed by atoms with Crippen LogP contribution in [-0.4, -0.2) is 41.7 Å². The monoisotopic (exact) mass is 291 g/mol. The van der Waals surface area contributed by atoms with Gasteiger partial charge >= 0.3 is 0 Å². The van der Waals surface area contributed by atoms with Gasteiger partial charge in [-0.1, -0.05) is 5.21 Å². The Hall–Kier alpha value is -2.77. The first-order valence-corrected chi connectivity index (χ1v) is 6.29. The number of carbonyl (C=O) groups is 1. The molecule has 0 radical (unpaired) electrons. The molecule has 21 heavy (non-hydrogen) atoms. The van der Waals surface area contributed by atoms with E-state index in [1.165, 1.54) is 14.2 Å². The number of methoxy groups -OCH3 is 2. The topological polar surface area (TPSA) is 104 Å². The number of amides is 1. The van der Waals surface area contributed by atoms with E-state index >= 15 is 0 Å². The lowest BCUT2D eigenvalue weighted by Gasteiger charge is -2.12. The molecule has 0 atom stereocenters. The second-order valence-corrected chi connectivity index (χ2v) is 4.21. The van der Waals surface area contributed by atoms with Crippen LogP contribution in [0.5, 0.6) is 11.5 Å². The summed E-state index contributed by atoms with van der Waals surface area (Å²) < 4.78 is 11.9. The first-order chi connectivity index (χ1) is 10.2. The number of hydrogen-bond acceptors (Lipinski definition) is 6. The fourth-order valence-electron chi connectivity index (χ4n) is 1.81. The Morgan fingerprint density at radius 2 is 2.19 bits per heavy atom. The molecule has 8 heteroatoms. The Balaban J connectivity index is 2.07. The fourth-order valence-corrected chi connectivity index (χ4v) is 1.81. The van der Waals surface area contributed by atoms with Gasteiger partial charge in [-0.2, -0.15) is 0 Å². The minimum Gasteiger partial charge on any atom is -0.497 e. The largest absolute Gasteiger partial charge is 0.497 e. The van der Waals surface area contributed by atoms with Gasteiger partial charge < -0.3 is 20.5 Å². The highest BCUT2D eigenvalue weighted by molar-refractivity contribution is 6.00. The first-order valence-electron chi connectivity index (χ1n) is 6.29. The van der Waals surface area contributed by atoms with Gasteiger partial charge in [-0.25, -0.2) is 0 Å². The second-order valence-electron chi connectivity index (χ2n) is 4.21. The Kier molecular flexibility index (Phi) is 4.60. The lowest BCUT2D eigenvalue weighted by atomic mass is 10.1. The number of nitrogens with one attached hydrogen (secondary N) is 1. The van der Waals surface area contributed by atoms with Crippen molar-refractivity contribution in [2.45, 2.75) is 6.54 Å². The second kappa shape index (κ2) is 6.60. The van der Waals surface area contributed by atoms with Gasteiger partial charge in [0, 0.05) is 18.8 Å². The third-order valence-electron chi connectivity index (χ3n) is 2.91. The summed E-state index contributed by atoms with van der Waals surface area (Å²) in [6, 6.07) is 3.20. The van der Waals surface area contributed by atoms with E-state index in [1.54, 1.807) is 29.2 Å². The standard InChI is InChI=1S/C13H17N5O3/c1-20-9-7-10(12(14)11(8-9)21-2)13(19)15-3-5-18-6-4-16-17-18/h4,6-8H,3,5,14H2,1-2H3,(H,15,19). The van der Waals surface area contributed by atoms with Gasteiger partial charge in [0.05, 0.1) is 38.2 Å². The average Bonchev–Trinajstić information content (AvgIpc) is 3.00. The first kappa shape index (κ1) is 14.6. The molecule has 0 spiro atoms. The minimum absolute atomic E-state index is 0.275. The molecule has 2 rings (SSSR count). The van der Waals surface area contributed by atoms with Gasteiger partial charge in [0.1, 0.15) is 11.5 Å². The molecule has 2 aromatic rings. The molecule has 0 bridgehead atoms. The number of nitrogens with zero attached hydrogens (tertiary/aromatic N) is 3. The Labute approximate surface area is 121 Å². The predicted octanol–water partition coefficient (Wildman–Crippen LogP) is 0.307. The highest BCUT2D eigenvalue weighted by Gasteiger charge is 2.15. The number of benzene rings is 1. The maximum atomic E-state index is 12.2. The zero-order chi connectivity index (χ0) is 15.2. The van der Waals surface area contributed by atoms with Crippen molar-refractivity contribution >= 4 is 11.6 Å². The van der Waals surface area contributed by atoms with Crippen LogP contribution < -0.4 is 20.5 Å². The minimum atomic E-state index is -0.301. The van der Waals surface area contributed by atoms with Crippen LogP contribution in [-0.2, 0) is 6.54 Å². The summed E-state index contributed by atoms with van der Waals surface area (Å²) in [7, 11) is 2.99. The van der Waals surface area contributed by atoms with Crippen LogP contribution in [0.1, 0.15) is 10.4 Å². The van der Waals surface area contributed by atoms with Crippen LogP contribution in [0.2, 0.25) is 0 Å². The average molecular weight is 291 g/mol. The summed E-state index contributed by atoms with van der Waals surface area (Å²) in [5.41, 5.74) is 6.50. The van der Waals surface area contributed by atoms with Gasteiger partial charge in [0.15, 0.2) is 0 Å². The number of ether oxygens (including phenoxy) is 2. The summed E-state index contributed by atoms with van der Waals surface area (Å²) in [6.45, 7) is 0.925. The van der Waals surface area contributed by atoms with E-state index < -0.39 is 0 Å². The number of nitrogen functional groups attached to an aromatic ring is 1. The zero-order valence-electron chi connectivity index (χ0n) is 11.9. The van der Waals surface area contributed by atoms with Crippen LogP contribution in [0.4, 0.5) is 5.69 Å². The van der Waals surface area contributed by atoms with Crippen molar-refractivity contribution in [2.75, 3.05) is 26.5 Å². The number of aromatic nitrogens is 3. The number of anilines is 1.